The number of ether oxygens (including phenoxy) is 1. The van der Waals surface area contributed by atoms with E-state index in [1.165, 1.54) is 49.7 Å². The van der Waals surface area contributed by atoms with Crippen LogP contribution in [0.5, 0.6) is 5.75 Å². The highest BCUT2D eigenvalue weighted by Gasteiger charge is 2.65. The van der Waals surface area contributed by atoms with E-state index >= 15 is 0 Å². The van der Waals surface area contributed by atoms with Gasteiger partial charge in [0.05, 0.1) is 0 Å². The molecule has 0 saturated heterocycles. The summed E-state index contributed by atoms with van der Waals surface area (Å²) in [7, 11) is 0. The van der Waals surface area contributed by atoms with Crippen LogP contribution in [0.4, 0.5) is 0 Å². The summed E-state index contributed by atoms with van der Waals surface area (Å²) in [4.78, 5) is 0. The quantitative estimate of drug-likeness (QED) is 0.590. The van der Waals surface area contributed by atoms with E-state index in [9.17, 15) is 5.26 Å². The minimum Gasteiger partial charge on any atom is -0.388 e. The van der Waals surface area contributed by atoms with E-state index in [4.69, 9.17) is 4.74 Å². The maximum absolute atomic E-state index is 9.22. The first kappa shape index (κ1) is 17.9. The second kappa shape index (κ2) is 5.75. The molecule has 140 valence electrons. The summed E-state index contributed by atoms with van der Waals surface area (Å²) in [5.41, 5.74) is 3.58. The zero-order valence-corrected chi connectivity index (χ0v) is 17.1. The summed E-state index contributed by atoms with van der Waals surface area (Å²) in [5.74, 6) is 3.07. The van der Waals surface area contributed by atoms with E-state index in [2.05, 4.69) is 52.8 Å². The zero-order chi connectivity index (χ0) is 18.7. The predicted octanol–water partition coefficient (Wildman–Crippen LogP) is 6.38. The lowest BCUT2D eigenvalue weighted by Gasteiger charge is -2.69. The molecule has 4 fully saturated rings. The van der Waals surface area contributed by atoms with Gasteiger partial charge in [-0.2, -0.15) is 0 Å². The number of hydrogen-bond donors (Lipinski definition) is 0. The minimum atomic E-state index is 0.188. The summed E-state index contributed by atoms with van der Waals surface area (Å²) in [6.07, 6.45) is 9.97. The van der Waals surface area contributed by atoms with Gasteiger partial charge in [0.1, 0.15) is 5.75 Å². The smallest absolute Gasteiger partial charge is 0.292 e. The molecule has 2 atom stereocenters. The molecule has 2 unspecified atom stereocenters. The SMILES string of the molecule is Cc1ccc(C23CC4CC(C(C)C)(C2)CC(C(C)C)(C4)C3)c(OC#N)c1. The van der Waals surface area contributed by atoms with Gasteiger partial charge in [-0.05, 0) is 85.7 Å². The predicted molar refractivity (Wildman–Crippen MR) is 105 cm³/mol. The van der Waals surface area contributed by atoms with Crippen molar-refractivity contribution in [3.05, 3.63) is 29.3 Å². The molecule has 4 aliphatic rings. The van der Waals surface area contributed by atoms with Gasteiger partial charge in [-0.15, -0.1) is 5.26 Å². The van der Waals surface area contributed by atoms with Gasteiger partial charge in [0.15, 0.2) is 0 Å². The Morgan fingerprint density at radius 3 is 2.15 bits per heavy atom. The van der Waals surface area contributed by atoms with Crippen molar-refractivity contribution in [2.45, 2.75) is 78.6 Å². The molecule has 26 heavy (non-hydrogen) atoms. The van der Waals surface area contributed by atoms with E-state index in [1.807, 2.05) is 6.26 Å². The van der Waals surface area contributed by atoms with Crippen molar-refractivity contribution in [1.82, 2.24) is 0 Å². The average molecular weight is 352 g/mol. The first-order valence-electron chi connectivity index (χ1n) is 10.4. The van der Waals surface area contributed by atoms with Crippen molar-refractivity contribution in [3.8, 4) is 12.0 Å². The van der Waals surface area contributed by atoms with Crippen LogP contribution in [-0.2, 0) is 5.41 Å². The van der Waals surface area contributed by atoms with Crippen LogP contribution < -0.4 is 4.74 Å². The summed E-state index contributed by atoms with van der Waals surface area (Å²) in [5, 5.41) is 9.22. The fourth-order valence-electron chi connectivity index (χ4n) is 7.38. The molecule has 4 aliphatic carbocycles. The van der Waals surface area contributed by atoms with E-state index in [0.29, 0.717) is 22.7 Å². The maximum Gasteiger partial charge on any atom is 0.292 e. The van der Waals surface area contributed by atoms with Crippen LogP contribution in [0.15, 0.2) is 18.2 Å². The lowest BCUT2D eigenvalue weighted by Crippen LogP contribution is -2.61. The highest BCUT2D eigenvalue weighted by molar-refractivity contribution is 5.45. The summed E-state index contributed by atoms with van der Waals surface area (Å²) in [6.45, 7) is 11.8. The molecule has 0 radical (unpaired) electrons. The van der Waals surface area contributed by atoms with Gasteiger partial charge in [0.25, 0.3) is 6.26 Å². The Bertz CT molecular complexity index is 732. The van der Waals surface area contributed by atoms with Crippen molar-refractivity contribution in [2.24, 2.45) is 28.6 Å². The van der Waals surface area contributed by atoms with Gasteiger partial charge in [-0.3, -0.25) is 0 Å². The Labute approximate surface area is 158 Å². The molecule has 2 nitrogen and oxygen atoms in total. The third-order valence-corrected chi connectivity index (χ3v) is 8.47. The molecular formula is C24H33NO. The van der Waals surface area contributed by atoms with Crippen LogP contribution in [0, 0.1) is 47.0 Å². The van der Waals surface area contributed by atoms with E-state index < -0.39 is 0 Å². The Balaban J connectivity index is 1.88. The molecule has 0 aromatic heterocycles. The van der Waals surface area contributed by atoms with Gasteiger partial charge in [0.2, 0.25) is 0 Å². The van der Waals surface area contributed by atoms with Crippen LogP contribution in [0.3, 0.4) is 0 Å². The van der Waals surface area contributed by atoms with Gasteiger partial charge < -0.3 is 4.74 Å². The van der Waals surface area contributed by atoms with Crippen molar-refractivity contribution >= 4 is 0 Å². The molecule has 0 aliphatic heterocycles. The van der Waals surface area contributed by atoms with Crippen molar-refractivity contribution in [3.63, 3.8) is 0 Å². The fourth-order valence-corrected chi connectivity index (χ4v) is 7.38. The van der Waals surface area contributed by atoms with Crippen LogP contribution in [0.1, 0.15) is 77.3 Å². The molecule has 0 spiro atoms. The van der Waals surface area contributed by atoms with E-state index in [1.54, 1.807) is 0 Å². The minimum absolute atomic E-state index is 0.188. The van der Waals surface area contributed by atoms with Gasteiger partial charge in [-0.25, -0.2) is 0 Å². The topological polar surface area (TPSA) is 33.0 Å². The lowest BCUT2D eigenvalue weighted by molar-refractivity contribution is -0.162. The molecule has 5 rings (SSSR count). The van der Waals surface area contributed by atoms with Crippen LogP contribution in [0.25, 0.3) is 0 Å². The largest absolute Gasteiger partial charge is 0.388 e. The molecule has 2 heteroatoms. The molecule has 1 aromatic rings. The molecule has 0 amide bonds. The summed E-state index contributed by atoms with van der Waals surface area (Å²) < 4.78 is 5.50. The Morgan fingerprint density at radius 1 is 1.00 bits per heavy atom. The molecule has 4 bridgehead atoms. The van der Waals surface area contributed by atoms with Crippen molar-refractivity contribution in [1.29, 1.82) is 5.26 Å². The third-order valence-electron chi connectivity index (χ3n) is 8.47. The zero-order valence-electron chi connectivity index (χ0n) is 17.1. The van der Waals surface area contributed by atoms with Crippen molar-refractivity contribution < 1.29 is 4.74 Å². The summed E-state index contributed by atoms with van der Waals surface area (Å²) in [6, 6.07) is 6.56. The second-order valence-corrected chi connectivity index (χ2v) is 10.5. The number of nitrogens with zero attached hydrogens (tertiary/aromatic N) is 1. The van der Waals surface area contributed by atoms with E-state index in [-0.39, 0.29) is 5.41 Å². The number of nitriles is 1. The number of aryl methyl sites for hydroxylation is 1. The van der Waals surface area contributed by atoms with Crippen LogP contribution >= 0.6 is 0 Å². The van der Waals surface area contributed by atoms with Crippen LogP contribution in [0.2, 0.25) is 0 Å². The first-order valence-corrected chi connectivity index (χ1v) is 10.4. The third kappa shape index (κ3) is 2.43. The molecule has 0 N–H and O–H groups in total. The Morgan fingerprint density at radius 2 is 1.62 bits per heavy atom. The first-order chi connectivity index (χ1) is 12.2. The highest BCUT2D eigenvalue weighted by atomic mass is 16.5. The Hall–Kier alpha value is -1.49. The molecule has 0 heterocycles. The standard InChI is InChI=1S/C24H33NO/c1-16(2)22-9-19-10-23(12-22,17(3)4)14-24(11-19,13-22)20-7-6-18(5)8-21(20)26-15-25/h6-8,16-17,19H,9-14H2,1-5H3. The van der Waals surface area contributed by atoms with Gasteiger partial charge in [-0.1, -0.05) is 39.8 Å². The summed E-state index contributed by atoms with van der Waals surface area (Å²) >= 11 is 0. The number of rotatable bonds is 4. The monoisotopic (exact) mass is 351 g/mol. The molecule has 4 saturated carbocycles. The van der Waals surface area contributed by atoms with E-state index in [0.717, 1.165) is 11.7 Å². The molecular weight excluding hydrogens is 318 g/mol. The maximum atomic E-state index is 9.22. The fraction of sp³-hybridized carbons (Fsp3) is 0.708. The molecule has 1 aromatic carbocycles. The number of benzene rings is 1. The second-order valence-electron chi connectivity index (χ2n) is 10.5. The lowest BCUT2D eigenvalue weighted by atomic mass is 9.35. The van der Waals surface area contributed by atoms with Crippen molar-refractivity contribution in [2.75, 3.05) is 0 Å². The highest BCUT2D eigenvalue weighted by Crippen LogP contribution is 2.73. The average Bonchev–Trinajstić information content (AvgIpc) is 2.53. The number of hydrogen-bond acceptors (Lipinski definition) is 2. The van der Waals surface area contributed by atoms with Gasteiger partial charge in [0, 0.05) is 11.0 Å². The van der Waals surface area contributed by atoms with Crippen LogP contribution in [-0.4, -0.2) is 0 Å². The normalized spacial score (nSPS) is 38.0. The van der Waals surface area contributed by atoms with Gasteiger partial charge >= 0.3 is 0 Å². The Kier molecular flexibility index (Phi) is 3.96.